The highest BCUT2D eigenvalue weighted by Gasteiger charge is 1.89. The summed E-state index contributed by atoms with van der Waals surface area (Å²) in [6, 6.07) is 0. The fraction of sp³-hybridized carbons (Fsp3) is 0.882. The van der Waals surface area contributed by atoms with Crippen molar-refractivity contribution >= 4 is 6.41 Å². The predicted octanol–water partition coefficient (Wildman–Crippen LogP) is 0.438. The van der Waals surface area contributed by atoms with Gasteiger partial charge in [0.2, 0.25) is 13.0 Å². The Hall–Kier alpha value is -1.20. The lowest BCUT2D eigenvalue weighted by Crippen LogP contribution is -2.19. The molecule has 0 aromatic rings. The fourth-order valence-corrected chi connectivity index (χ4v) is 1.43. The van der Waals surface area contributed by atoms with Crippen molar-refractivity contribution in [3.05, 3.63) is 11.4 Å². The molecule has 0 heterocycles. The van der Waals surface area contributed by atoms with E-state index in [4.69, 9.17) is 12.3 Å². The van der Waals surface area contributed by atoms with E-state index in [1.165, 1.54) is 0 Å². The Bertz CT molecular complexity index is 277. The molecular formula is C17H40N6O. The second-order valence-electron chi connectivity index (χ2n) is 6.21. The third kappa shape index (κ3) is 42.8. The number of amides is 1. The van der Waals surface area contributed by atoms with E-state index in [2.05, 4.69) is 39.0 Å². The minimum atomic E-state index is 0.665. The molecule has 0 aliphatic rings. The Kier molecular flexibility index (Phi) is 27.7. The van der Waals surface area contributed by atoms with Crippen molar-refractivity contribution in [3.63, 3.8) is 0 Å². The van der Waals surface area contributed by atoms with E-state index in [0.717, 1.165) is 58.4 Å². The minimum absolute atomic E-state index is 0.665. The van der Waals surface area contributed by atoms with Gasteiger partial charge < -0.3 is 30.6 Å². The van der Waals surface area contributed by atoms with Crippen molar-refractivity contribution < 1.29 is 4.79 Å². The first-order chi connectivity index (χ1) is 11.3. The van der Waals surface area contributed by atoms with Crippen LogP contribution in [0, 0.1) is 6.57 Å². The highest BCUT2D eigenvalue weighted by Crippen LogP contribution is 1.82. The number of hydrogen-bond donors (Lipinski definition) is 2. The summed E-state index contributed by atoms with van der Waals surface area (Å²) in [4.78, 5) is 19.3. The van der Waals surface area contributed by atoms with Gasteiger partial charge in [-0.2, -0.15) is 0 Å². The van der Waals surface area contributed by atoms with Gasteiger partial charge in [-0.1, -0.05) is 0 Å². The topological polar surface area (TPSA) is 69.2 Å². The van der Waals surface area contributed by atoms with E-state index in [1.807, 2.05) is 28.2 Å². The molecule has 0 atom stereocenters. The van der Waals surface area contributed by atoms with Crippen LogP contribution in [-0.4, -0.2) is 103 Å². The molecule has 0 aromatic carbocycles. The van der Waals surface area contributed by atoms with E-state index in [9.17, 15) is 4.79 Å². The first kappa shape index (κ1) is 27.6. The summed E-state index contributed by atoms with van der Waals surface area (Å²) in [6.07, 6.45) is 3.85. The lowest BCUT2D eigenvalue weighted by atomic mass is 10.4. The number of rotatable bonds is 11. The van der Waals surface area contributed by atoms with Gasteiger partial charge in [0.25, 0.3) is 0 Å². The van der Waals surface area contributed by atoms with Crippen LogP contribution in [0.3, 0.4) is 0 Å². The molecule has 0 aliphatic carbocycles. The van der Waals surface area contributed by atoms with Gasteiger partial charge in [0.05, 0.1) is 0 Å². The van der Waals surface area contributed by atoms with Gasteiger partial charge in [-0.15, -0.1) is 0 Å². The molecule has 3 N–H and O–H groups in total. The lowest BCUT2D eigenvalue weighted by Gasteiger charge is -2.07. The third-order valence-electron chi connectivity index (χ3n) is 2.69. The molecule has 0 aromatic heterocycles. The second-order valence-corrected chi connectivity index (χ2v) is 6.21. The molecule has 0 unspecified atom stereocenters. The van der Waals surface area contributed by atoms with E-state index < -0.39 is 0 Å². The molecule has 0 aliphatic heterocycles. The van der Waals surface area contributed by atoms with Crippen molar-refractivity contribution in [1.29, 1.82) is 0 Å². The van der Waals surface area contributed by atoms with E-state index >= 15 is 0 Å². The Labute approximate surface area is 150 Å². The number of carbonyl (C=O) groups excluding carboxylic acids is 1. The maximum absolute atomic E-state index is 9.72. The van der Waals surface area contributed by atoms with Crippen molar-refractivity contribution in [2.24, 2.45) is 5.73 Å². The molecule has 1 amide bonds. The van der Waals surface area contributed by atoms with Crippen LogP contribution >= 0.6 is 0 Å². The normalized spacial score (nSPS) is 9.71. The Balaban J connectivity index is -0.000000278. The number of nitrogens with two attached hydrogens (primary N) is 1. The van der Waals surface area contributed by atoms with Crippen LogP contribution in [0.2, 0.25) is 0 Å². The van der Waals surface area contributed by atoms with Crippen LogP contribution in [-0.2, 0) is 4.79 Å². The Morgan fingerprint density at radius 3 is 1.71 bits per heavy atom. The summed E-state index contributed by atoms with van der Waals surface area (Å²) in [6.45, 7) is 11.9. The van der Waals surface area contributed by atoms with Crippen LogP contribution in [0.15, 0.2) is 0 Å². The van der Waals surface area contributed by atoms with Gasteiger partial charge in [-0.05, 0) is 74.8 Å². The molecular weight excluding hydrogens is 304 g/mol. The number of carbonyl (C=O) groups is 1. The highest BCUT2D eigenvalue weighted by molar-refractivity contribution is 5.45. The molecule has 7 heteroatoms. The van der Waals surface area contributed by atoms with Gasteiger partial charge in [0.15, 0.2) is 0 Å². The second kappa shape index (κ2) is 24.1. The molecule has 0 radical (unpaired) electrons. The molecule has 0 saturated heterocycles. The summed E-state index contributed by atoms with van der Waals surface area (Å²) < 4.78 is 0. The van der Waals surface area contributed by atoms with Gasteiger partial charge >= 0.3 is 0 Å². The molecule has 0 saturated carbocycles. The summed E-state index contributed by atoms with van der Waals surface area (Å²) in [7, 11) is 12.2. The van der Waals surface area contributed by atoms with Gasteiger partial charge in [-0.25, -0.2) is 6.57 Å². The smallest absolute Gasteiger partial charge is 0.215 e. The standard InChI is InChI=1S/C6H14N2O.C6H12N2.C5H14N2/c1-8(2)5-3-4-7-6-9;1-7-5-4-6-8(2)3;1-7(2)5-3-4-6/h6H,3-5H2,1-2H3,(H,7,9);4-6H2,2-3H3;3-6H2,1-2H3. The number of hydrogen-bond acceptors (Lipinski definition) is 5. The van der Waals surface area contributed by atoms with Crippen LogP contribution < -0.4 is 11.1 Å². The average Bonchev–Trinajstić information content (AvgIpc) is 2.50. The molecule has 144 valence electrons. The lowest BCUT2D eigenvalue weighted by molar-refractivity contribution is -0.109. The number of nitrogens with one attached hydrogen (secondary N) is 1. The first-order valence-electron chi connectivity index (χ1n) is 8.46. The highest BCUT2D eigenvalue weighted by atomic mass is 16.1. The fourth-order valence-electron chi connectivity index (χ4n) is 1.43. The summed E-state index contributed by atoms with van der Waals surface area (Å²) >= 11 is 0. The summed E-state index contributed by atoms with van der Waals surface area (Å²) in [5.41, 5.74) is 5.25. The third-order valence-corrected chi connectivity index (χ3v) is 2.69. The van der Waals surface area contributed by atoms with E-state index in [-0.39, 0.29) is 0 Å². The minimum Gasteiger partial charge on any atom is -0.359 e. The molecule has 24 heavy (non-hydrogen) atoms. The average molecular weight is 345 g/mol. The zero-order chi connectivity index (χ0) is 19.2. The van der Waals surface area contributed by atoms with Crippen molar-refractivity contribution in [3.8, 4) is 0 Å². The van der Waals surface area contributed by atoms with Gasteiger partial charge in [0.1, 0.15) is 0 Å². The maximum Gasteiger partial charge on any atom is 0.215 e. The summed E-state index contributed by atoms with van der Waals surface area (Å²) in [5.74, 6) is 0. The monoisotopic (exact) mass is 344 g/mol. The molecule has 0 spiro atoms. The van der Waals surface area contributed by atoms with E-state index in [0.29, 0.717) is 6.54 Å². The SMILES string of the molecule is CN(C)CCCN.CN(C)CCCNC=O.[C-]#[N+]CCCN(C)C. The largest absolute Gasteiger partial charge is 0.359 e. The zero-order valence-corrected chi connectivity index (χ0v) is 16.7. The molecule has 0 fully saturated rings. The summed E-state index contributed by atoms with van der Waals surface area (Å²) in [5, 5.41) is 2.60. The quantitative estimate of drug-likeness (QED) is 0.323. The Morgan fingerprint density at radius 2 is 1.38 bits per heavy atom. The molecule has 0 rings (SSSR count). The maximum atomic E-state index is 9.72. The zero-order valence-electron chi connectivity index (χ0n) is 16.7. The predicted molar refractivity (Wildman–Crippen MR) is 104 cm³/mol. The van der Waals surface area contributed by atoms with Gasteiger partial charge in [-0.3, -0.25) is 4.79 Å². The Morgan fingerprint density at radius 1 is 0.917 bits per heavy atom. The first-order valence-corrected chi connectivity index (χ1v) is 8.46. The van der Waals surface area contributed by atoms with Crippen molar-refractivity contribution in [2.75, 3.05) is 81.6 Å². The molecule has 0 bridgehead atoms. The van der Waals surface area contributed by atoms with Crippen LogP contribution in [0.4, 0.5) is 0 Å². The van der Waals surface area contributed by atoms with Crippen molar-refractivity contribution in [1.82, 2.24) is 20.0 Å². The van der Waals surface area contributed by atoms with Crippen LogP contribution in [0.5, 0.6) is 0 Å². The number of nitrogens with zero attached hydrogens (tertiary/aromatic N) is 4. The molecule has 7 nitrogen and oxygen atoms in total. The van der Waals surface area contributed by atoms with Crippen molar-refractivity contribution in [2.45, 2.75) is 19.3 Å². The van der Waals surface area contributed by atoms with Crippen LogP contribution in [0.25, 0.3) is 4.85 Å². The van der Waals surface area contributed by atoms with E-state index in [1.54, 1.807) is 0 Å². The van der Waals surface area contributed by atoms with Gasteiger partial charge in [0, 0.05) is 19.5 Å². The van der Waals surface area contributed by atoms with Crippen LogP contribution in [0.1, 0.15) is 19.3 Å².